The van der Waals surface area contributed by atoms with Crippen molar-refractivity contribution in [2.75, 3.05) is 5.32 Å². The van der Waals surface area contributed by atoms with Crippen LogP contribution in [-0.2, 0) is 11.3 Å². The molecule has 0 spiro atoms. The van der Waals surface area contributed by atoms with Crippen molar-refractivity contribution in [3.8, 4) is 0 Å². The molecule has 1 aromatic heterocycles. The van der Waals surface area contributed by atoms with Crippen molar-refractivity contribution in [2.24, 2.45) is 16.3 Å². The number of anilines is 1. The predicted molar refractivity (Wildman–Crippen MR) is 73.0 cm³/mol. The summed E-state index contributed by atoms with van der Waals surface area (Å²) in [4.78, 5) is 12.4. The lowest BCUT2D eigenvalue weighted by Crippen LogP contribution is -2.46. The number of hydrogen-bond donors (Lipinski definition) is 3. The van der Waals surface area contributed by atoms with Crippen LogP contribution in [-0.4, -0.2) is 26.7 Å². The highest BCUT2D eigenvalue weighted by Gasteiger charge is 2.39. The van der Waals surface area contributed by atoms with Crippen LogP contribution in [0.2, 0.25) is 0 Å². The second kappa shape index (κ2) is 6.21. The molecule has 0 aliphatic carbocycles. The second-order valence-electron chi connectivity index (χ2n) is 4.31. The summed E-state index contributed by atoms with van der Waals surface area (Å²) in [6.07, 6.45) is 4.21. The van der Waals surface area contributed by atoms with E-state index in [4.69, 9.17) is 10.9 Å². The first-order valence-corrected chi connectivity index (χ1v) is 6.35. The van der Waals surface area contributed by atoms with Crippen LogP contribution in [0.4, 0.5) is 5.69 Å². The van der Waals surface area contributed by atoms with Crippen LogP contribution in [0.1, 0.15) is 33.6 Å². The number of rotatable bonds is 6. The lowest BCUT2D eigenvalue weighted by Gasteiger charge is -2.28. The van der Waals surface area contributed by atoms with Crippen molar-refractivity contribution in [1.82, 2.24) is 9.78 Å². The Kier molecular flexibility index (Phi) is 4.91. The molecule has 4 N–H and O–H groups in total. The van der Waals surface area contributed by atoms with E-state index in [1.165, 1.54) is 0 Å². The third kappa shape index (κ3) is 2.86. The Morgan fingerprint density at radius 2 is 2.16 bits per heavy atom. The van der Waals surface area contributed by atoms with Crippen molar-refractivity contribution in [1.29, 1.82) is 0 Å². The lowest BCUT2D eigenvalue weighted by molar-refractivity contribution is -0.122. The molecule has 0 aromatic carbocycles. The van der Waals surface area contributed by atoms with Gasteiger partial charge in [0.15, 0.2) is 5.84 Å². The monoisotopic (exact) mass is 267 g/mol. The summed E-state index contributed by atoms with van der Waals surface area (Å²) in [6, 6.07) is 0. The van der Waals surface area contributed by atoms with Crippen LogP contribution in [0.25, 0.3) is 0 Å². The average molecular weight is 267 g/mol. The summed E-state index contributed by atoms with van der Waals surface area (Å²) in [6.45, 7) is 6.34. The molecule has 1 aromatic rings. The average Bonchev–Trinajstić information content (AvgIpc) is 2.88. The van der Waals surface area contributed by atoms with E-state index < -0.39 is 5.41 Å². The van der Waals surface area contributed by atoms with Crippen molar-refractivity contribution in [3.05, 3.63) is 12.4 Å². The summed E-state index contributed by atoms with van der Waals surface area (Å²) in [7, 11) is 0. The molecule has 0 aliphatic rings. The molecule has 7 nitrogen and oxygen atoms in total. The highest BCUT2D eigenvalue weighted by Crippen LogP contribution is 2.28. The fourth-order valence-corrected chi connectivity index (χ4v) is 2.00. The topological polar surface area (TPSA) is 106 Å². The zero-order valence-electron chi connectivity index (χ0n) is 11.6. The highest BCUT2D eigenvalue weighted by atomic mass is 16.4. The summed E-state index contributed by atoms with van der Waals surface area (Å²) < 4.78 is 1.71. The zero-order valence-corrected chi connectivity index (χ0v) is 11.6. The highest BCUT2D eigenvalue weighted by molar-refractivity contribution is 6.11. The van der Waals surface area contributed by atoms with Crippen LogP contribution in [0.5, 0.6) is 0 Å². The number of oxime groups is 1. The number of hydrogen-bond acceptors (Lipinski definition) is 4. The van der Waals surface area contributed by atoms with E-state index in [1.54, 1.807) is 17.1 Å². The fourth-order valence-electron chi connectivity index (χ4n) is 2.00. The van der Waals surface area contributed by atoms with Crippen LogP contribution in [0.3, 0.4) is 0 Å². The molecule has 1 amide bonds. The first kappa shape index (κ1) is 15.0. The number of carbonyl (C=O) groups excluding carboxylic acids is 1. The first-order valence-electron chi connectivity index (χ1n) is 6.35. The summed E-state index contributed by atoms with van der Waals surface area (Å²) in [5.41, 5.74) is 5.28. The number of nitrogens with two attached hydrogens (primary N) is 1. The van der Waals surface area contributed by atoms with Crippen LogP contribution >= 0.6 is 0 Å². The van der Waals surface area contributed by atoms with Gasteiger partial charge in [-0.1, -0.05) is 19.0 Å². The Morgan fingerprint density at radius 1 is 1.53 bits per heavy atom. The molecule has 1 rings (SSSR count). The standard InChI is InChI=1S/C12H21N5O2/c1-4-12(5-2,10(13)16-19)11(18)15-9-7-14-17(6-3)8-9/h7-8,19H,4-6H2,1-3H3,(H2,13,16)(H,15,18). The molecular weight excluding hydrogens is 246 g/mol. The molecule has 0 aliphatic heterocycles. The molecule has 0 unspecified atom stereocenters. The van der Waals surface area contributed by atoms with Gasteiger partial charge in [0.25, 0.3) is 0 Å². The van der Waals surface area contributed by atoms with Gasteiger partial charge in [-0.05, 0) is 19.8 Å². The molecule has 0 radical (unpaired) electrons. The predicted octanol–water partition coefficient (Wildman–Crippen LogP) is 1.39. The summed E-state index contributed by atoms with van der Waals surface area (Å²) >= 11 is 0. The van der Waals surface area contributed by atoms with Crippen LogP contribution < -0.4 is 11.1 Å². The summed E-state index contributed by atoms with van der Waals surface area (Å²) in [5, 5.41) is 18.7. The van der Waals surface area contributed by atoms with E-state index in [-0.39, 0.29) is 11.7 Å². The molecule has 0 atom stereocenters. The van der Waals surface area contributed by atoms with E-state index in [1.807, 2.05) is 20.8 Å². The number of amidine groups is 1. The van der Waals surface area contributed by atoms with Gasteiger partial charge in [0.2, 0.25) is 5.91 Å². The van der Waals surface area contributed by atoms with Gasteiger partial charge in [-0.15, -0.1) is 0 Å². The third-order valence-electron chi connectivity index (χ3n) is 3.45. The molecule has 19 heavy (non-hydrogen) atoms. The van der Waals surface area contributed by atoms with E-state index in [9.17, 15) is 4.79 Å². The van der Waals surface area contributed by atoms with Crippen molar-refractivity contribution in [2.45, 2.75) is 40.2 Å². The molecule has 0 bridgehead atoms. The maximum absolute atomic E-state index is 12.4. The smallest absolute Gasteiger partial charge is 0.238 e. The van der Waals surface area contributed by atoms with Crippen LogP contribution in [0, 0.1) is 5.41 Å². The van der Waals surface area contributed by atoms with Gasteiger partial charge in [-0.25, -0.2) is 0 Å². The molecule has 0 saturated heterocycles. The van der Waals surface area contributed by atoms with Crippen molar-refractivity contribution >= 4 is 17.4 Å². The minimum atomic E-state index is -0.997. The molecule has 1 heterocycles. The Labute approximate surface area is 112 Å². The van der Waals surface area contributed by atoms with E-state index in [0.29, 0.717) is 18.5 Å². The molecular formula is C12H21N5O2. The molecule has 0 fully saturated rings. The zero-order chi connectivity index (χ0) is 14.5. The molecule has 106 valence electrons. The van der Waals surface area contributed by atoms with Crippen molar-refractivity contribution < 1.29 is 10.0 Å². The van der Waals surface area contributed by atoms with Gasteiger partial charge < -0.3 is 16.3 Å². The van der Waals surface area contributed by atoms with Gasteiger partial charge in [0, 0.05) is 12.7 Å². The Hall–Kier alpha value is -2.05. The second-order valence-corrected chi connectivity index (χ2v) is 4.31. The minimum Gasteiger partial charge on any atom is -0.409 e. The van der Waals surface area contributed by atoms with Gasteiger partial charge in [0.1, 0.15) is 5.41 Å². The van der Waals surface area contributed by atoms with E-state index >= 15 is 0 Å². The lowest BCUT2D eigenvalue weighted by atomic mass is 9.80. The normalized spacial score (nSPS) is 12.5. The maximum Gasteiger partial charge on any atom is 0.238 e. The molecule has 0 saturated carbocycles. The quantitative estimate of drug-likeness (QED) is 0.313. The Morgan fingerprint density at radius 3 is 2.58 bits per heavy atom. The van der Waals surface area contributed by atoms with Gasteiger partial charge in [-0.3, -0.25) is 9.48 Å². The number of nitrogens with zero attached hydrogens (tertiary/aromatic N) is 3. The number of aromatic nitrogens is 2. The van der Waals surface area contributed by atoms with E-state index in [2.05, 4.69) is 15.6 Å². The fraction of sp³-hybridized carbons (Fsp3) is 0.583. The summed E-state index contributed by atoms with van der Waals surface area (Å²) in [5.74, 6) is -0.360. The van der Waals surface area contributed by atoms with Crippen molar-refractivity contribution in [3.63, 3.8) is 0 Å². The van der Waals surface area contributed by atoms with Gasteiger partial charge in [-0.2, -0.15) is 5.10 Å². The van der Waals surface area contributed by atoms with E-state index in [0.717, 1.165) is 6.54 Å². The molecule has 7 heteroatoms. The minimum absolute atomic E-state index is 0.0714. The van der Waals surface area contributed by atoms with Gasteiger partial charge >= 0.3 is 0 Å². The number of amides is 1. The Bertz CT molecular complexity index is 462. The Balaban J connectivity index is 2.95. The van der Waals surface area contributed by atoms with Crippen LogP contribution in [0.15, 0.2) is 17.5 Å². The SMILES string of the molecule is CCn1cc(NC(=O)C(CC)(CC)C(N)=NO)cn1. The number of carbonyl (C=O) groups is 1. The number of nitrogens with one attached hydrogen (secondary N) is 1. The maximum atomic E-state index is 12.4. The first-order chi connectivity index (χ1) is 9.03. The largest absolute Gasteiger partial charge is 0.409 e. The third-order valence-corrected chi connectivity index (χ3v) is 3.45. The number of aryl methyl sites for hydroxylation is 1. The van der Waals surface area contributed by atoms with Gasteiger partial charge in [0.05, 0.1) is 11.9 Å².